The maximum atomic E-state index is 12.3. The van der Waals surface area contributed by atoms with Crippen molar-refractivity contribution in [1.29, 1.82) is 0 Å². The molecule has 2 aromatic rings. The molecule has 106 valence electrons. The molecule has 0 spiro atoms. The summed E-state index contributed by atoms with van der Waals surface area (Å²) < 4.78 is 27.3. The highest BCUT2D eigenvalue weighted by Gasteiger charge is 2.15. The smallest absolute Gasteiger partial charge is 0.261 e. The van der Waals surface area contributed by atoms with Crippen LogP contribution in [0, 0.1) is 13.8 Å². The molecule has 4 nitrogen and oxygen atoms in total. The second-order valence-electron chi connectivity index (χ2n) is 4.63. The highest BCUT2D eigenvalue weighted by atomic mass is 32.2. The zero-order valence-corrected chi connectivity index (χ0v) is 12.6. The summed E-state index contributed by atoms with van der Waals surface area (Å²) in [5.41, 5.74) is 3.47. The van der Waals surface area contributed by atoms with Gasteiger partial charge in [0.15, 0.2) is 0 Å². The quantitative estimate of drug-likeness (QED) is 0.909. The molecule has 0 aromatic heterocycles. The summed E-state index contributed by atoms with van der Waals surface area (Å²) in [6.45, 7) is 3.85. The minimum Gasteiger partial charge on any atom is -0.388 e. The largest absolute Gasteiger partial charge is 0.388 e. The Hall–Kier alpha value is -2.01. The van der Waals surface area contributed by atoms with E-state index in [4.69, 9.17) is 0 Å². The normalized spacial score (nSPS) is 11.2. The molecular weight excluding hydrogens is 272 g/mol. The zero-order chi connectivity index (χ0) is 14.8. The molecule has 0 aliphatic heterocycles. The van der Waals surface area contributed by atoms with Crippen molar-refractivity contribution in [3.05, 3.63) is 53.6 Å². The van der Waals surface area contributed by atoms with E-state index in [1.165, 1.54) is 0 Å². The van der Waals surface area contributed by atoms with Crippen LogP contribution in [0.15, 0.2) is 47.4 Å². The van der Waals surface area contributed by atoms with Gasteiger partial charge in [0.25, 0.3) is 10.0 Å². The van der Waals surface area contributed by atoms with Crippen molar-refractivity contribution in [3.63, 3.8) is 0 Å². The number of nitrogens with one attached hydrogen (secondary N) is 2. The third-order valence-corrected chi connectivity index (χ3v) is 4.68. The topological polar surface area (TPSA) is 58.2 Å². The van der Waals surface area contributed by atoms with Gasteiger partial charge in [-0.15, -0.1) is 0 Å². The van der Waals surface area contributed by atoms with E-state index in [2.05, 4.69) is 10.0 Å². The SMILES string of the molecule is CNc1ccc(S(=O)(=O)Nc2cccc(C)c2C)cc1. The molecule has 0 radical (unpaired) electrons. The molecule has 0 aliphatic rings. The Morgan fingerprint density at radius 3 is 2.20 bits per heavy atom. The van der Waals surface area contributed by atoms with Gasteiger partial charge >= 0.3 is 0 Å². The number of benzene rings is 2. The monoisotopic (exact) mass is 290 g/mol. The number of rotatable bonds is 4. The van der Waals surface area contributed by atoms with Crippen LogP contribution in [0.3, 0.4) is 0 Å². The Bertz CT molecular complexity index is 707. The van der Waals surface area contributed by atoms with Crippen molar-refractivity contribution in [2.45, 2.75) is 18.7 Å². The molecule has 5 heteroatoms. The Morgan fingerprint density at radius 2 is 1.60 bits per heavy atom. The van der Waals surface area contributed by atoms with E-state index in [0.29, 0.717) is 5.69 Å². The molecule has 2 aromatic carbocycles. The first kappa shape index (κ1) is 14.4. The highest BCUT2D eigenvalue weighted by molar-refractivity contribution is 7.92. The first-order valence-electron chi connectivity index (χ1n) is 6.31. The third-order valence-electron chi connectivity index (χ3n) is 3.30. The Balaban J connectivity index is 2.33. The summed E-state index contributed by atoms with van der Waals surface area (Å²) in [6.07, 6.45) is 0. The first-order chi connectivity index (χ1) is 9.44. The lowest BCUT2D eigenvalue weighted by Gasteiger charge is -2.12. The minimum absolute atomic E-state index is 0.248. The summed E-state index contributed by atoms with van der Waals surface area (Å²) in [5, 5.41) is 2.96. The Labute approximate surface area is 119 Å². The van der Waals surface area contributed by atoms with Crippen LogP contribution in [0.5, 0.6) is 0 Å². The Kier molecular flexibility index (Phi) is 3.99. The van der Waals surface area contributed by atoms with Crippen molar-refractivity contribution in [2.24, 2.45) is 0 Å². The van der Waals surface area contributed by atoms with Gasteiger partial charge < -0.3 is 5.32 Å². The number of anilines is 2. The fourth-order valence-corrected chi connectivity index (χ4v) is 2.99. The van der Waals surface area contributed by atoms with Gasteiger partial charge in [-0.2, -0.15) is 0 Å². The summed E-state index contributed by atoms with van der Waals surface area (Å²) in [4.78, 5) is 0.248. The van der Waals surface area contributed by atoms with Gasteiger partial charge in [0.05, 0.1) is 10.6 Å². The van der Waals surface area contributed by atoms with Crippen LogP contribution in [-0.2, 0) is 10.0 Å². The van der Waals surface area contributed by atoms with Gasteiger partial charge in [-0.1, -0.05) is 12.1 Å². The lowest BCUT2D eigenvalue weighted by molar-refractivity contribution is 0.601. The second kappa shape index (κ2) is 5.54. The van der Waals surface area contributed by atoms with E-state index in [9.17, 15) is 8.42 Å². The summed E-state index contributed by atoms with van der Waals surface area (Å²) in [6, 6.07) is 12.2. The highest BCUT2D eigenvalue weighted by Crippen LogP contribution is 2.22. The van der Waals surface area contributed by atoms with E-state index in [-0.39, 0.29) is 4.90 Å². The molecular formula is C15H18N2O2S. The predicted molar refractivity (Wildman–Crippen MR) is 82.7 cm³/mol. The van der Waals surface area contributed by atoms with Gasteiger partial charge in [0.1, 0.15) is 0 Å². The molecule has 0 amide bonds. The molecule has 20 heavy (non-hydrogen) atoms. The van der Waals surface area contributed by atoms with E-state index in [1.807, 2.05) is 26.0 Å². The molecule has 2 N–H and O–H groups in total. The number of hydrogen-bond acceptors (Lipinski definition) is 3. The van der Waals surface area contributed by atoms with E-state index in [0.717, 1.165) is 16.8 Å². The van der Waals surface area contributed by atoms with Gasteiger partial charge in [-0.3, -0.25) is 4.72 Å². The number of aryl methyl sites for hydroxylation is 1. The fourth-order valence-electron chi connectivity index (χ4n) is 1.87. The van der Waals surface area contributed by atoms with Crippen LogP contribution in [-0.4, -0.2) is 15.5 Å². The standard InChI is InChI=1S/C15H18N2O2S/c1-11-5-4-6-15(12(11)2)17-20(18,19)14-9-7-13(16-3)8-10-14/h4-10,16-17H,1-3H3. The van der Waals surface area contributed by atoms with E-state index < -0.39 is 10.0 Å². The summed E-state index contributed by atoms with van der Waals surface area (Å²) in [5.74, 6) is 0. The summed E-state index contributed by atoms with van der Waals surface area (Å²) in [7, 11) is -1.77. The van der Waals surface area contributed by atoms with Crippen LogP contribution < -0.4 is 10.0 Å². The van der Waals surface area contributed by atoms with Gasteiger partial charge in [-0.25, -0.2) is 8.42 Å². The lowest BCUT2D eigenvalue weighted by atomic mass is 10.1. The molecule has 0 saturated heterocycles. The fraction of sp³-hybridized carbons (Fsp3) is 0.200. The lowest BCUT2D eigenvalue weighted by Crippen LogP contribution is -2.14. The van der Waals surface area contributed by atoms with Crippen LogP contribution in [0.25, 0.3) is 0 Å². The molecule has 2 rings (SSSR count). The first-order valence-corrected chi connectivity index (χ1v) is 7.79. The van der Waals surface area contributed by atoms with Gasteiger partial charge in [0.2, 0.25) is 0 Å². The van der Waals surface area contributed by atoms with Crippen molar-refractivity contribution >= 4 is 21.4 Å². The van der Waals surface area contributed by atoms with Crippen LogP contribution in [0.1, 0.15) is 11.1 Å². The second-order valence-corrected chi connectivity index (χ2v) is 6.31. The molecule has 0 aliphatic carbocycles. The third kappa shape index (κ3) is 2.93. The summed E-state index contributed by atoms with van der Waals surface area (Å²) >= 11 is 0. The maximum Gasteiger partial charge on any atom is 0.261 e. The molecule has 0 heterocycles. The van der Waals surface area contributed by atoms with Crippen molar-refractivity contribution < 1.29 is 8.42 Å². The average Bonchev–Trinajstić information content (AvgIpc) is 2.44. The Morgan fingerprint density at radius 1 is 0.950 bits per heavy atom. The van der Waals surface area contributed by atoms with Crippen molar-refractivity contribution in [2.75, 3.05) is 17.1 Å². The van der Waals surface area contributed by atoms with Gasteiger partial charge in [-0.05, 0) is 55.3 Å². The molecule has 0 fully saturated rings. The average molecular weight is 290 g/mol. The number of sulfonamides is 1. The van der Waals surface area contributed by atoms with Gasteiger partial charge in [0, 0.05) is 12.7 Å². The van der Waals surface area contributed by atoms with Crippen LogP contribution in [0.2, 0.25) is 0 Å². The van der Waals surface area contributed by atoms with E-state index >= 15 is 0 Å². The molecule has 0 saturated carbocycles. The predicted octanol–water partition coefficient (Wildman–Crippen LogP) is 3.15. The maximum absolute atomic E-state index is 12.3. The zero-order valence-electron chi connectivity index (χ0n) is 11.8. The number of hydrogen-bond donors (Lipinski definition) is 2. The van der Waals surface area contributed by atoms with Crippen molar-refractivity contribution in [3.8, 4) is 0 Å². The van der Waals surface area contributed by atoms with Crippen LogP contribution in [0.4, 0.5) is 11.4 Å². The van der Waals surface area contributed by atoms with Crippen molar-refractivity contribution in [1.82, 2.24) is 0 Å². The van der Waals surface area contributed by atoms with Crippen LogP contribution >= 0.6 is 0 Å². The minimum atomic E-state index is -3.56. The molecule has 0 atom stereocenters. The molecule has 0 bridgehead atoms. The van der Waals surface area contributed by atoms with E-state index in [1.54, 1.807) is 37.4 Å². The molecule has 0 unspecified atom stereocenters.